The molecule has 0 saturated carbocycles. The van der Waals surface area contributed by atoms with E-state index in [0.29, 0.717) is 5.16 Å². The van der Waals surface area contributed by atoms with E-state index >= 15 is 0 Å². The lowest BCUT2D eigenvalue weighted by Gasteiger charge is -2.07. The first kappa shape index (κ1) is 20.0. The number of hydrogen-bond acceptors (Lipinski definition) is 4. The molecule has 0 aliphatic heterocycles. The van der Waals surface area contributed by atoms with Crippen LogP contribution in [0, 0.1) is 18.6 Å². The zero-order chi connectivity index (χ0) is 20.1. The van der Waals surface area contributed by atoms with E-state index in [0.717, 1.165) is 17.0 Å². The van der Waals surface area contributed by atoms with Crippen molar-refractivity contribution in [2.24, 2.45) is 7.05 Å². The van der Waals surface area contributed by atoms with Gasteiger partial charge < -0.3 is 9.88 Å². The van der Waals surface area contributed by atoms with Crippen molar-refractivity contribution >= 4 is 17.7 Å². The third kappa shape index (κ3) is 4.75. The number of aromatic nitrogens is 3. The van der Waals surface area contributed by atoms with Crippen LogP contribution in [0.3, 0.4) is 0 Å². The fourth-order valence-corrected chi connectivity index (χ4v) is 3.50. The summed E-state index contributed by atoms with van der Waals surface area (Å²) in [6, 6.07) is 11.7. The van der Waals surface area contributed by atoms with Crippen molar-refractivity contribution in [3.63, 3.8) is 0 Å². The van der Waals surface area contributed by atoms with Crippen molar-refractivity contribution in [2.45, 2.75) is 18.5 Å². The Morgan fingerprint density at radius 1 is 1.14 bits per heavy atom. The minimum Gasteiger partial charge on any atom is -0.355 e. The largest absolute Gasteiger partial charge is 0.355 e. The summed E-state index contributed by atoms with van der Waals surface area (Å²) in [6.07, 6.45) is 0.0936. The zero-order valence-electron chi connectivity index (χ0n) is 15.6. The van der Waals surface area contributed by atoms with E-state index in [-0.39, 0.29) is 30.2 Å². The van der Waals surface area contributed by atoms with Gasteiger partial charge in [-0.05, 0) is 31.5 Å². The van der Waals surface area contributed by atoms with Crippen molar-refractivity contribution < 1.29 is 13.6 Å². The second-order valence-electron chi connectivity index (χ2n) is 6.32. The van der Waals surface area contributed by atoms with Crippen LogP contribution in [-0.2, 0) is 18.3 Å². The smallest absolute Gasteiger partial charge is 0.230 e. The van der Waals surface area contributed by atoms with Gasteiger partial charge in [-0.1, -0.05) is 41.6 Å². The maximum Gasteiger partial charge on any atom is 0.230 e. The Hall–Kier alpha value is -2.74. The van der Waals surface area contributed by atoms with Crippen molar-refractivity contribution in [1.82, 2.24) is 20.1 Å². The number of nitrogens with one attached hydrogen (secondary N) is 1. The molecule has 0 aliphatic rings. The molecule has 1 aromatic heterocycles. The van der Waals surface area contributed by atoms with Crippen LogP contribution in [0.25, 0.3) is 11.4 Å². The number of benzene rings is 2. The molecular formula is C20H20F2N4OS. The van der Waals surface area contributed by atoms with Gasteiger partial charge in [-0.2, -0.15) is 0 Å². The average molecular weight is 402 g/mol. The zero-order valence-corrected chi connectivity index (χ0v) is 16.4. The first-order chi connectivity index (χ1) is 13.5. The molecule has 5 nitrogen and oxygen atoms in total. The molecule has 2 aromatic carbocycles. The van der Waals surface area contributed by atoms with Gasteiger partial charge in [0, 0.05) is 24.7 Å². The molecule has 3 aromatic rings. The van der Waals surface area contributed by atoms with Gasteiger partial charge in [0.15, 0.2) is 11.0 Å². The highest BCUT2D eigenvalue weighted by atomic mass is 32.2. The van der Waals surface area contributed by atoms with Crippen molar-refractivity contribution in [3.05, 3.63) is 65.2 Å². The SMILES string of the molecule is Cc1cccc(-c2nnc(SCC(=O)NCCc3c(F)cccc3F)n2C)c1. The Labute approximate surface area is 166 Å². The summed E-state index contributed by atoms with van der Waals surface area (Å²) in [5, 5.41) is 11.6. The predicted molar refractivity (Wildman–Crippen MR) is 105 cm³/mol. The lowest BCUT2D eigenvalue weighted by atomic mass is 10.1. The molecule has 1 N–H and O–H groups in total. The molecule has 0 saturated heterocycles. The van der Waals surface area contributed by atoms with Crippen LogP contribution >= 0.6 is 11.8 Å². The molecule has 28 heavy (non-hydrogen) atoms. The molecular weight excluding hydrogens is 382 g/mol. The summed E-state index contributed by atoms with van der Waals surface area (Å²) in [7, 11) is 1.85. The standard InChI is InChI=1S/C20H20F2N4OS/c1-13-5-3-6-14(11-13)19-24-25-20(26(19)2)28-12-18(27)23-10-9-15-16(21)7-4-8-17(15)22/h3-8,11H,9-10,12H2,1-2H3,(H,23,27). The van der Waals surface area contributed by atoms with Crippen LogP contribution in [-0.4, -0.2) is 33.0 Å². The Kier molecular flexibility index (Phi) is 6.41. The number of thioether (sulfide) groups is 1. The van der Waals surface area contributed by atoms with Gasteiger partial charge in [-0.25, -0.2) is 8.78 Å². The maximum absolute atomic E-state index is 13.6. The number of amides is 1. The van der Waals surface area contributed by atoms with Crippen LogP contribution < -0.4 is 5.32 Å². The molecule has 0 fully saturated rings. The van der Waals surface area contributed by atoms with Gasteiger partial charge in [-0.3, -0.25) is 4.79 Å². The maximum atomic E-state index is 13.6. The normalized spacial score (nSPS) is 10.9. The minimum atomic E-state index is -0.605. The van der Waals surface area contributed by atoms with E-state index in [1.165, 1.54) is 30.0 Å². The molecule has 0 radical (unpaired) electrons. The number of hydrogen-bond donors (Lipinski definition) is 1. The van der Waals surface area contributed by atoms with E-state index in [2.05, 4.69) is 15.5 Å². The molecule has 1 heterocycles. The molecule has 0 atom stereocenters. The highest BCUT2D eigenvalue weighted by molar-refractivity contribution is 7.99. The summed E-state index contributed by atoms with van der Waals surface area (Å²) >= 11 is 1.26. The second kappa shape index (κ2) is 8.97. The molecule has 8 heteroatoms. The van der Waals surface area contributed by atoms with E-state index in [1.807, 2.05) is 42.8 Å². The van der Waals surface area contributed by atoms with Crippen LogP contribution in [0.2, 0.25) is 0 Å². The molecule has 0 aliphatic carbocycles. The summed E-state index contributed by atoms with van der Waals surface area (Å²) in [5.41, 5.74) is 2.06. The first-order valence-electron chi connectivity index (χ1n) is 8.74. The molecule has 0 spiro atoms. The van der Waals surface area contributed by atoms with Gasteiger partial charge in [0.2, 0.25) is 5.91 Å². The van der Waals surface area contributed by atoms with Gasteiger partial charge >= 0.3 is 0 Å². The molecule has 0 bridgehead atoms. The third-order valence-corrected chi connectivity index (χ3v) is 5.22. The number of aryl methyl sites for hydroxylation is 1. The number of nitrogens with zero attached hydrogens (tertiary/aromatic N) is 3. The van der Waals surface area contributed by atoms with Crippen molar-refractivity contribution in [1.29, 1.82) is 0 Å². The van der Waals surface area contributed by atoms with E-state index in [4.69, 9.17) is 0 Å². The average Bonchev–Trinajstić information content (AvgIpc) is 3.03. The number of carbonyl (C=O) groups excluding carboxylic acids is 1. The topological polar surface area (TPSA) is 59.8 Å². The van der Waals surface area contributed by atoms with Gasteiger partial charge in [0.05, 0.1) is 5.75 Å². The molecule has 1 amide bonds. The minimum absolute atomic E-state index is 0.0217. The predicted octanol–water partition coefficient (Wildman–Crippen LogP) is 3.52. The van der Waals surface area contributed by atoms with Crippen LogP contribution in [0.4, 0.5) is 8.78 Å². The van der Waals surface area contributed by atoms with Gasteiger partial charge in [0.1, 0.15) is 11.6 Å². The van der Waals surface area contributed by atoms with E-state index in [1.54, 1.807) is 0 Å². The number of rotatable bonds is 7. The lowest BCUT2D eigenvalue weighted by molar-refractivity contribution is -0.118. The van der Waals surface area contributed by atoms with Crippen LogP contribution in [0.15, 0.2) is 47.6 Å². The quantitative estimate of drug-likeness (QED) is 0.615. The van der Waals surface area contributed by atoms with Gasteiger partial charge in [-0.15, -0.1) is 10.2 Å². The summed E-state index contributed by atoms with van der Waals surface area (Å²) in [4.78, 5) is 12.0. The summed E-state index contributed by atoms with van der Waals surface area (Å²) in [5.74, 6) is -0.583. The Balaban J connectivity index is 1.52. The molecule has 3 rings (SSSR count). The van der Waals surface area contributed by atoms with Crippen molar-refractivity contribution in [3.8, 4) is 11.4 Å². The lowest BCUT2D eigenvalue weighted by Crippen LogP contribution is -2.27. The Morgan fingerprint density at radius 2 is 1.86 bits per heavy atom. The third-order valence-electron chi connectivity index (χ3n) is 4.20. The fraction of sp³-hybridized carbons (Fsp3) is 0.250. The molecule has 0 unspecified atom stereocenters. The van der Waals surface area contributed by atoms with Gasteiger partial charge in [0.25, 0.3) is 0 Å². The Bertz CT molecular complexity index is 970. The highest BCUT2D eigenvalue weighted by Crippen LogP contribution is 2.23. The second-order valence-corrected chi connectivity index (χ2v) is 7.27. The van der Waals surface area contributed by atoms with Crippen LogP contribution in [0.5, 0.6) is 0 Å². The molecule has 146 valence electrons. The Morgan fingerprint density at radius 3 is 2.57 bits per heavy atom. The summed E-state index contributed by atoms with van der Waals surface area (Å²) in [6.45, 7) is 2.16. The van der Waals surface area contributed by atoms with E-state index < -0.39 is 11.6 Å². The van der Waals surface area contributed by atoms with E-state index in [9.17, 15) is 13.6 Å². The monoisotopic (exact) mass is 402 g/mol. The summed E-state index contributed by atoms with van der Waals surface area (Å²) < 4.78 is 29.0. The van der Waals surface area contributed by atoms with Crippen LogP contribution in [0.1, 0.15) is 11.1 Å². The number of carbonyl (C=O) groups is 1. The first-order valence-corrected chi connectivity index (χ1v) is 9.73. The number of halogens is 2. The fourth-order valence-electron chi connectivity index (χ4n) is 2.76. The highest BCUT2D eigenvalue weighted by Gasteiger charge is 2.13. The van der Waals surface area contributed by atoms with Crippen molar-refractivity contribution in [2.75, 3.05) is 12.3 Å².